The molecule has 0 bridgehead atoms. The molecule has 2 fully saturated rings. The topological polar surface area (TPSA) is 146 Å². The number of ether oxygens (including phenoxy) is 4. The molecule has 0 N–H and O–H groups in total. The smallest absolute Gasteiger partial charge is 0.411 e. The van der Waals surface area contributed by atoms with E-state index in [0.29, 0.717) is 36.9 Å². The van der Waals surface area contributed by atoms with Gasteiger partial charge in [0.25, 0.3) is 0 Å². The number of esters is 2. The number of hydrogen-bond donors (Lipinski definition) is 0. The Morgan fingerprint density at radius 1 is 0.680 bits per heavy atom. The number of Topliss-reactive ketones (excluding diaryl/α,β-unsaturated/α-hetero) is 2. The molecule has 2 saturated heterocycles. The number of nitrogens with zero attached hydrogens (tertiary/aromatic N) is 2. The lowest BCUT2D eigenvalue weighted by molar-refractivity contribution is -0.148. The summed E-state index contributed by atoms with van der Waals surface area (Å²) >= 11 is 0. The van der Waals surface area contributed by atoms with Gasteiger partial charge in [-0.05, 0) is 72.4 Å². The van der Waals surface area contributed by atoms with Gasteiger partial charge >= 0.3 is 24.1 Å². The summed E-state index contributed by atoms with van der Waals surface area (Å²) in [6.45, 7) is 12.0. The van der Waals surface area contributed by atoms with Gasteiger partial charge in [-0.3, -0.25) is 19.4 Å². The van der Waals surface area contributed by atoms with E-state index in [1.54, 1.807) is 90.1 Å². The molecular weight excluding hydrogens is 644 g/mol. The van der Waals surface area contributed by atoms with Crippen LogP contribution in [0.4, 0.5) is 9.59 Å². The van der Waals surface area contributed by atoms with Crippen LogP contribution in [0.3, 0.4) is 0 Å². The normalized spacial score (nSPS) is 18.5. The summed E-state index contributed by atoms with van der Waals surface area (Å²) in [4.78, 5) is 79.2. The molecule has 2 aromatic rings. The third kappa shape index (κ3) is 10.0. The average Bonchev–Trinajstić information content (AvgIpc) is 3.73. The first-order valence-corrected chi connectivity index (χ1v) is 16.7. The second-order valence-electron chi connectivity index (χ2n) is 14.3. The van der Waals surface area contributed by atoms with Gasteiger partial charge in [0, 0.05) is 30.6 Å². The van der Waals surface area contributed by atoms with Crippen LogP contribution in [-0.2, 0) is 28.5 Å². The van der Waals surface area contributed by atoms with Crippen molar-refractivity contribution < 1.29 is 47.7 Å². The van der Waals surface area contributed by atoms with Gasteiger partial charge in [0.1, 0.15) is 23.3 Å². The SMILES string of the molecule is CC=C1CC(C(=O)OCC(=O)c2ccc(-c3ccc(C(=O)COC(=O)[C@@H]4CCCN4C(=O)OC(C)(C)C)cc3)cc2)N(C(=O)OC(C)(C)C)C1. The summed E-state index contributed by atoms with van der Waals surface area (Å²) in [6, 6.07) is 11.8. The Hall–Kier alpha value is -5.00. The fraction of sp³-hybridized carbons (Fsp3) is 0.474. The number of hydrogen-bond acceptors (Lipinski definition) is 10. The standard InChI is InChI=1S/C38H46N2O10/c1-8-24-20-30(40(21-24)36(46)50-38(5,6)7)34(44)48-23-32(42)28-17-13-26(14-18-28)25-11-15-27(16-12-25)31(41)22-47-33(43)29-10-9-19-39(29)35(45)49-37(2,3)4/h8,11-18,29-30H,9-10,19-23H2,1-7H3/t29-,30?/m0/s1. The minimum absolute atomic E-state index is 0.250. The molecule has 50 heavy (non-hydrogen) atoms. The van der Waals surface area contributed by atoms with E-state index >= 15 is 0 Å². The van der Waals surface area contributed by atoms with Crippen LogP contribution in [0.1, 0.15) is 88.4 Å². The zero-order valence-electron chi connectivity index (χ0n) is 29.8. The van der Waals surface area contributed by atoms with E-state index in [4.69, 9.17) is 18.9 Å². The third-order valence-electron chi connectivity index (χ3n) is 8.10. The number of carbonyl (C=O) groups is 6. The molecule has 0 aromatic heterocycles. The quantitative estimate of drug-likeness (QED) is 0.130. The highest BCUT2D eigenvalue weighted by atomic mass is 16.6. The molecule has 0 spiro atoms. The number of amides is 2. The van der Waals surface area contributed by atoms with Gasteiger partial charge < -0.3 is 18.9 Å². The van der Waals surface area contributed by atoms with Crippen LogP contribution in [0.5, 0.6) is 0 Å². The van der Waals surface area contributed by atoms with Crippen molar-refractivity contribution in [1.82, 2.24) is 9.80 Å². The molecule has 2 heterocycles. The monoisotopic (exact) mass is 690 g/mol. The molecule has 0 saturated carbocycles. The molecule has 1 unspecified atom stereocenters. The van der Waals surface area contributed by atoms with Crippen LogP contribution in [0.25, 0.3) is 11.1 Å². The van der Waals surface area contributed by atoms with Gasteiger partial charge in [-0.2, -0.15) is 0 Å². The fourth-order valence-corrected chi connectivity index (χ4v) is 5.56. The molecule has 2 aliphatic heterocycles. The number of ketones is 2. The predicted octanol–water partition coefficient (Wildman–Crippen LogP) is 6.16. The van der Waals surface area contributed by atoms with Crippen molar-refractivity contribution in [1.29, 1.82) is 0 Å². The Bertz CT molecular complexity index is 1630. The maximum absolute atomic E-state index is 12.9. The summed E-state index contributed by atoms with van der Waals surface area (Å²) in [5.74, 6) is -2.12. The third-order valence-corrected chi connectivity index (χ3v) is 8.10. The summed E-state index contributed by atoms with van der Waals surface area (Å²) in [7, 11) is 0. The molecule has 2 aromatic carbocycles. The Morgan fingerprint density at radius 3 is 1.56 bits per heavy atom. The van der Waals surface area contributed by atoms with Crippen LogP contribution in [0.15, 0.2) is 60.2 Å². The fourth-order valence-electron chi connectivity index (χ4n) is 5.56. The van der Waals surface area contributed by atoms with Crippen molar-refractivity contribution in [2.45, 2.75) is 91.0 Å². The number of carbonyl (C=O) groups excluding carboxylic acids is 6. The molecule has 0 aliphatic carbocycles. The van der Waals surface area contributed by atoms with E-state index in [-0.39, 0.29) is 6.54 Å². The van der Waals surface area contributed by atoms with Gasteiger partial charge in [-0.15, -0.1) is 0 Å². The molecule has 2 aliphatic rings. The van der Waals surface area contributed by atoms with Crippen LogP contribution >= 0.6 is 0 Å². The first kappa shape index (κ1) is 37.8. The number of rotatable bonds is 9. The highest BCUT2D eigenvalue weighted by Gasteiger charge is 2.40. The van der Waals surface area contributed by atoms with E-state index in [1.807, 2.05) is 13.0 Å². The van der Waals surface area contributed by atoms with Crippen molar-refractivity contribution in [3.8, 4) is 11.1 Å². The summed E-state index contributed by atoms with van der Waals surface area (Å²) in [5.41, 5.74) is 1.72. The molecule has 12 heteroatoms. The molecule has 0 radical (unpaired) electrons. The van der Waals surface area contributed by atoms with Crippen molar-refractivity contribution in [2.24, 2.45) is 0 Å². The second-order valence-corrected chi connectivity index (χ2v) is 14.3. The van der Waals surface area contributed by atoms with Crippen molar-refractivity contribution in [3.05, 3.63) is 71.3 Å². The maximum Gasteiger partial charge on any atom is 0.411 e. The highest BCUT2D eigenvalue weighted by Crippen LogP contribution is 2.27. The summed E-state index contributed by atoms with van der Waals surface area (Å²) < 4.78 is 21.5. The van der Waals surface area contributed by atoms with Gasteiger partial charge in [0.05, 0.1) is 0 Å². The van der Waals surface area contributed by atoms with Gasteiger partial charge in [0.15, 0.2) is 24.8 Å². The van der Waals surface area contributed by atoms with Crippen molar-refractivity contribution in [3.63, 3.8) is 0 Å². The molecule has 268 valence electrons. The van der Waals surface area contributed by atoms with Crippen LogP contribution in [0, 0.1) is 0 Å². The first-order chi connectivity index (χ1) is 23.5. The van der Waals surface area contributed by atoms with E-state index < -0.39 is 72.2 Å². The average molecular weight is 691 g/mol. The summed E-state index contributed by atoms with van der Waals surface area (Å²) in [5, 5.41) is 0. The first-order valence-electron chi connectivity index (χ1n) is 16.7. The number of benzene rings is 2. The van der Waals surface area contributed by atoms with Crippen molar-refractivity contribution in [2.75, 3.05) is 26.3 Å². The number of likely N-dealkylation sites (tertiary alicyclic amines) is 2. The van der Waals surface area contributed by atoms with Gasteiger partial charge in [0.2, 0.25) is 0 Å². The van der Waals surface area contributed by atoms with Crippen molar-refractivity contribution >= 4 is 35.7 Å². The zero-order valence-corrected chi connectivity index (χ0v) is 29.8. The summed E-state index contributed by atoms with van der Waals surface area (Å²) in [6.07, 6.45) is 2.01. The lowest BCUT2D eigenvalue weighted by Gasteiger charge is -2.27. The zero-order chi connectivity index (χ0) is 36.8. The minimum Gasteiger partial charge on any atom is -0.456 e. The highest BCUT2D eigenvalue weighted by molar-refractivity contribution is 6.00. The lowest BCUT2D eigenvalue weighted by Crippen LogP contribution is -2.44. The largest absolute Gasteiger partial charge is 0.456 e. The predicted molar refractivity (Wildman–Crippen MR) is 184 cm³/mol. The second kappa shape index (κ2) is 15.7. The molecule has 2 atom stereocenters. The van der Waals surface area contributed by atoms with Crippen LogP contribution in [0.2, 0.25) is 0 Å². The molecule has 2 amide bonds. The lowest BCUT2D eigenvalue weighted by atomic mass is 10.0. The molecule has 12 nitrogen and oxygen atoms in total. The Labute approximate surface area is 292 Å². The van der Waals surface area contributed by atoms with E-state index in [1.165, 1.54) is 9.80 Å². The Kier molecular flexibility index (Phi) is 11.9. The van der Waals surface area contributed by atoms with E-state index in [9.17, 15) is 28.8 Å². The Morgan fingerprint density at radius 2 is 1.12 bits per heavy atom. The molecule has 4 rings (SSSR count). The van der Waals surface area contributed by atoms with Gasteiger partial charge in [-0.1, -0.05) is 60.2 Å². The maximum atomic E-state index is 12.9. The van der Waals surface area contributed by atoms with E-state index in [2.05, 4.69) is 0 Å². The minimum atomic E-state index is -0.880. The van der Waals surface area contributed by atoms with Crippen LogP contribution < -0.4 is 0 Å². The molecular formula is C38H46N2O10. The van der Waals surface area contributed by atoms with Gasteiger partial charge in [-0.25, -0.2) is 19.2 Å². The van der Waals surface area contributed by atoms with E-state index in [0.717, 1.165) is 16.7 Å². The Balaban J connectivity index is 1.28. The van der Waals surface area contributed by atoms with Crippen LogP contribution in [-0.4, -0.2) is 95.1 Å². The number of allylic oxidation sites excluding steroid dienone is 1.